The Bertz CT molecular complexity index is 1080. The number of piperidine rings is 1. The van der Waals surface area contributed by atoms with Crippen LogP contribution < -0.4 is 4.90 Å². The molecule has 0 saturated carbocycles. The lowest BCUT2D eigenvalue weighted by Crippen LogP contribution is -2.56. The van der Waals surface area contributed by atoms with E-state index in [2.05, 4.69) is 41.2 Å². The predicted molar refractivity (Wildman–Crippen MR) is 119 cm³/mol. The molecule has 2 aromatic carbocycles. The lowest BCUT2D eigenvalue weighted by Gasteiger charge is -2.48. The summed E-state index contributed by atoms with van der Waals surface area (Å²) in [5.41, 5.74) is 2.79. The molecule has 1 aromatic heterocycles. The number of likely N-dealkylation sites (tertiary alicyclic amines) is 1. The van der Waals surface area contributed by atoms with Gasteiger partial charge in [-0.1, -0.05) is 18.2 Å². The van der Waals surface area contributed by atoms with Gasteiger partial charge in [-0.3, -0.25) is 9.69 Å². The zero-order valence-corrected chi connectivity index (χ0v) is 17.7. The van der Waals surface area contributed by atoms with Crippen LogP contribution in [-0.4, -0.2) is 38.7 Å². The Morgan fingerprint density at radius 2 is 1.94 bits per heavy atom. The minimum atomic E-state index is -0.296. The van der Waals surface area contributed by atoms with Gasteiger partial charge in [0.15, 0.2) is 0 Å². The molecule has 0 bridgehead atoms. The van der Waals surface area contributed by atoms with E-state index < -0.39 is 0 Å². The first kappa shape index (κ1) is 19.9. The molecule has 0 N–H and O–H groups in total. The third-order valence-corrected chi connectivity index (χ3v) is 6.82. The second kappa shape index (κ2) is 7.93. The van der Waals surface area contributed by atoms with Gasteiger partial charge in [0.25, 0.3) is 0 Å². The Labute approximate surface area is 182 Å². The van der Waals surface area contributed by atoms with E-state index in [0.717, 1.165) is 38.0 Å². The van der Waals surface area contributed by atoms with Crippen LogP contribution in [0.3, 0.4) is 0 Å². The van der Waals surface area contributed by atoms with Crippen molar-refractivity contribution in [2.75, 3.05) is 11.4 Å². The highest BCUT2D eigenvalue weighted by atomic mass is 19.1. The van der Waals surface area contributed by atoms with Crippen LogP contribution >= 0.6 is 0 Å². The molecule has 3 aromatic rings. The summed E-state index contributed by atoms with van der Waals surface area (Å²) < 4.78 is 15.7. The van der Waals surface area contributed by atoms with Gasteiger partial charge < -0.3 is 4.90 Å². The number of benzene rings is 2. The highest BCUT2D eigenvalue weighted by Gasteiger charge is 2.49. The first-order valence-electron chi connectivity index (χ1n) is 11.0. The number of carbonyl (C=O) groups is 1. The lowest BCUT2D eigenvalue weighted by molar-refractivity contribution is -0.117. The maximum absolute atomic E-state index is 13.9. The van der Waals surface area contributed by atoms with E-state index in [1.807, 2.05) is 27.9 Å². The van der Waals surface area contributed by atoms with Crippen molar-refractivity contribution in [1.29, 1.82) is 0 Å². The molecule has 1 amide bonds. The monoisotopic (exact) mass is 418 g/mol. The molecule has 5 rings (SSSR count). The Hall–Kier alpha value is -2.99. The summed E-state index contributed by atoms with van der Waals surface area (Å²) in [6.45, 7) is 4.01. The zero-order valence-electron chi connectivity index (χ0n) is 17.7. The molecule has 0 unspecified atom stereocenters. The number of hydrogen-bond acceptors (Lipinski definition) is 3. The van der Waals surface area contributed by atoms with Crippen molar-refractivity contribution in [3.8, 4) is 5.69 Å². The predicted octanol–water partition coefficient (Wildman–Crippen LogP) is 4.56. The lowest BCUT2D eigenvalue weighted by atomic mass is 9.81. The normalized spacial score (nSPS) is 24.3. The van der Waals surface area contributed by atoms with E-state index >= 15 is 0 Å². The van der Waals surface area contributed by atoms with Crippen molar-refractivity contribution in [3.63, 3.8) is 0 Å². The van der Waals surface area contributed by atoms with Gasteiger partial charge in [0.2, 0.25) is 5.91 Å². The minimum absolute atomic E-state index is 0.109. The molecule has 2 fully saturated rings. The van der Waals surface area contributed by atoms with Crippen LogP contribution in [0.1, 0.15) is 38.2 Å². The van der Waals surface area contributed by atoms with Crippen molar-refractivity contribution in [1.82, 2.24) is 14.7 Å². The fraction of sp³-hybridized carbons (Fsp3) is 0.360. The Morgan fingerprint density at radius 3 is 2.71 bits per heavy atom. The van der Waals surface area contributed by atoms with Gasteiger partial charge in [-0.05, 0) is 68.1 Å². The molecule has 31 heavy (non-hydrogen) atoms. The molecule has 2 saturated heterocycles. The number of carbonyl (C=O) groups excluding carboxylic acids is 1. The number of halogens is 1. The van der Waals surface area contributed by atoms with Crippen molar-refractivity contribution < 1.29 is 9.18 Å². The van der Waals surface area contributed by atoms with E-state index in [0.29, 0.717) is 18.2 Å². The summed E-state index contributed by atoms with van der Waals surface area (Å²) >= 11 is 0. The van der Waals surface area contributed by atoms with Gasteiger partial charge in [-0.2, -0.15) is 5.10 Å². The number of aromatic nitrogens is 2. The molecule has 5 nitrogen and oxygen atoms in total. The summed E-state index contributed by atoms with van der Waals surface area (Å²) in [5.74, 6) is -0.187. The van der Waals surface area contributed by atoms with Crippen LogP contribution in [0.15, 0.2) is 67.0 Å². The van der Waals surface area contributed by atoms with E-state index in [9.17, 15) is 9.18 Å². The van der Waals surface area contributed by atoms with Crippen molar-refractivity contribution in [2.45, 2.75) is 50.7 Å². The van der Waals surface area contributed by atoms with Gasteiger partial charge in [-0.25, -0.2) is 9.07 Å². The number of nitrogens with zero attached hydrogens (tertiary/aromatic N) is 4. The first-order valence-corrected chi connectivity index (χ1v) is 11.0. The summed E-state index contributed by atoms with van der Waals surface area (Å²) in [6, 6.07) is 17.2. The number of hydrogen-bond donors (Lipinski definition) is 0. The number of anilines is 1. The quantitative estimate of drug-likeness (QED) is 0.624. The summed E-state index contributed by atoms with van der Waals surface area (Å²) in [5, 5.41) is 4.33. The third kappa shape index (κ3) is 3.76. The standard InChI is InChI=1S/C25H27FN4O/c1-19-17-25(10-9-24(31)30(25)23-8-3-6-21(26)16-23)11-14-28(19)18-20-5-2-7-22(15-20)29-13-4-12-27-29/h2-8,12-13,15-16,19H,9-11,14,17-18H2,1H3/t19-,25+/m1/s1. The zero-order chi connectivity index (χ0) is 21.4. The largest absolute Gasteiger partial charge is 0.306 e. The fourth-order valence-corrected chi connectivity index (χ4v) is 5.33. The number of amides is 1. The van der Waals surface area contributed by atoms with Crippen LogP contribution in [0, 0.1) is 5.82 Å². The van der Waals surface area contributed by atoms with Crippen LogP contribution in [0.4, 0.5) is 10.1 Å². The highest BCUT2D eigenvalue weighted by molar-refractivity contribution is 5.97. The van der Waals surface area contributed by atoms with Crippen molar-refractivity contribution in [3.05, 3.63) is 78.4 Å². The molecular formula is C25H27FN4O. The molecule has 2 aliphatic heterocycles. The average Bonchev–Trinajstić information content (AvgIpc) is 3.40. The maximum Gasteiger partial charge on any atom is 0.227 e. The molecule has 2 aliphatic rings. The molecule has 160 valence electrons. The van der Waals surface area contributed by atoms with Crippen molar-refractivity contribution >= 4 is 11.6 Å². The van der Waals surface area contributed by atoms with Gasteiger partial charge in [0.05, 0.1) is 11.2 Å². The van der Waals surface area contributed by atoms with E-state index in [1.165, 1.54) is 17.7 Å². The van der Waals surface area contributed by atoms with Crippen LogP contribution in [0.5, 0.6) is 0 Å². The molecule has 1 spiro atoms. The second-order valence-corrected chi connectivity index (χ2v) is 8.83. The fourth-order valence-electron chi connectivity index (χ4n) is 5.33. The van der Waals surface area contributed by atoms with Gasteiger partial charge in [0.1, 0.15) is 5.82 Å². The molecular weight excluding hydrogens is 391 g/mol. The summed E-state index contributed by atoms with van der Waals surface area (Å²) in [4.78, 5) is 17.1. The third-order valence-electron chi connectivity index (χ3n) is 6.82. The molecule has 2 atom stereocenters. The van der Waals surface area contributed by atoms with Crippen molar-refractivity contribution in [2.24, 2.45) is 0 Å². The molecule has 6 heteroatoms. The highest BCUT2D eigenvalue weighted by Crippen LogP contribution is 2.44. The Morgan fingerprint density at radius 1 is 1.10 bits per heavy atom. The average molecular weight is 419 g/mol. The first-order chi connectivity index (χ1) is 15.0. The topological polar surface area (TPSA) is 41.4 Å². The molecule has 0 aliphatic carbocycles. The summed E-state index contributed by atoms with van der Waals surface area (Å²) in [6.07, 6.45) is 6.91. The SMILES string of the molecule is C[C@@H]1C[C@]2(CCC(=O)N2c2cccc(F)c2)CCN1Cc1cccc(-n2cccn2)c1. The van der Waals surface area contributed by atoms with Crippen LogP contribution in [0.25, 0.3) is 5.69 Å². The van der Waals surface area contributed by atoms with E-state index in [1.54, 1.807) is 12.3 Å². The van der Waals surface area contributed by atoms with E-state index in [-0.39, 0.29) is 17.3 Å². The molecule has 0 radical (unpaired) electrons. The van der Waals surface area contributed by atoms with Gasteiger partial charge in [-0.15, -0.1) is 0 Å². The van der Waals surface area contributed by atoms with Gasteiger partial charge >= 0.3 is 0 Å². The number of rotatable bonds is 4. The molecule has 3 heterocycles. The van der Waals surface area contributed by atoms with E-state index in [4.69, 9.17) is 0 Å². The Balaban J connectivity index is 1.33. The van der Waals surface area contributed by atoms with Crippen LogP contribution in [-0.2, 0) is 11.3 Å². The summed E-state index contributed by atoms with van der Waals surface area (Å²) in [7, 11) is 0. The van der Waals surface area contributed by atoms with Crippen LogP contribution in [0.2, 0.25) is 0 Å². The Kier molecular flexibility index (Phi) is 5.10. The smallest absolute Gasteiger partial charge is 0.227 e. The van der Waals surface area contributed by atoms with Gasteiger partial charge in [0, 0.05) is 43.6 Å². The second-order valence-electron chi connectivity index (χ2n) is 8.83. The maximum atomic E-state index is 13.9. The minimum Gasteiger partial charge on any atom is -0.306 e.